The lowest BCUT2D eigenvalue weighted by Crippen LogP contribution is -2.55. The molecule has 1 unspecified atom stereocenters. The van der Waals surface area contributed by atoms with Crippen LogP contribution >= 0.6 is 0 Å². The van der Waals surface area contributed by atoms with Gasteiger partial charge in [-0.2, -0.15) is 0 Å². The second-order valence-corrected chi connectivity index (χ2v) is 4.49. The van der Waals surface area contributed by atoms with Crippen molar-refractivity contribution in [2.75, 3.05) is 19.8 Å². The molecule has 14 heavy (non-hydrogen) atoms. The normalized spacial score (nSPS) is 43.3. The van der Waals surface area contributed by atoms with Crippen molar-refractivity contribution in [1.82, 2.24) is 5.32 Å². The van der Waals surface area contributed by atoms with Crippen LogP contribution in [0.25, 0.3) is 0 Å². The predicted octanol–water partition coefficient (Wildman–Crippen LogP) is -0.359. The van der Waals surface area contributed by atoms with E-state index in [2.05, 4.69) is 5.32 Å². The molecule has 2 rings (SSSR count). The SMILES string of the molecule is OCC1(N[C@@H]2CCC[C@H]2O)CCOC1. The molecule has 2 aliphatic rings. The van der Waals surface area contributed by atoms with E-state index in [-0.39, 0.29) is 24.3 Å². The molecule has 0 bridgehead atoms. The maximum absolute atomic E-state index is 9.67. The van der Waals surface area contributed by atoms with Crippen LogP contribution in [0.2, 0.25) is 0 Å². The van der Waals surface area contributed by atoms with Gasteiger partial charge in [0.05, 0.1) is 24.9 Å². The average Bonchev–Trinajstić information content (AvgIpc) is 2.79. The number of rotatable bonds is 3. The summed E-state index contributed by atoms with van der Waals surface area (Å²) in [6, 6.07) is 0.142. The van der Waals surface area contributed by atoms with E-state index in [1.54, 1.807) is 0 Å². The van der Waals surface area contributed by atoms with Crippen molar-refractivity contribution in [2.45, 2.75) is 43.4 Å². The van der Waals surface area contributed by atoms with Gasteiger partial charge in [-0.3, -0.25) is 0 Å². The van der Waals surface area contributed by atoms with Crippen molar-refractivity contribution in [3.8, 4) is 0 Å². The minimum atomic E-state index is -0.296. The largest absolute Gasteiger partial charge is 0.394 e. The van der Waals surface area contributed by atoms with Crippen LogP contribution in [0.15, 0.2) is 0 Å². The highest BCUT2D eigenvalue weighted by Crippen LogP contribution is 2.25. The fraction of sp³-hybridized carbons (Fsp3) is 1.00. The van der Waals surface area contributed by atoms with Crippen LogP contribution in [0.4, 0.5) is 0 Å². The zero-order valence-corrected chi connectivity index (χ0v) is 8.41. The Kier molecular flexibility index (Phi) is 3.07. The predicted molar refractivity (Wildman–Crippen MR) is 52.0 cm³/mol. The van der Waals surface area contributed by atoms with E-state index in [1.807, 2.05) is 0 Å². The van der Waals surface area contributed by atoms with Gasteiger partial charge in [0.25, 0.3) is 0 Å². The molecule has 0 aromatic heterocycles. The van der Waals surface area contributed by atoms with E-state index < -0.39 is 0 Å². The molecule has 3 atom stereocenters. The number of hydrogen-bond acceptors (Lipinski definition) is 4. The van der Waals surface area contributed by atoms with Crippen molar-refractivity contribution in [1.29, 1.82) is 0 Å². The smallest absolute Gasteiger partial charge is 0.0693 e. The van der Waals surface area contributed by atoms with Gasteiger partial charge in [0.15, 0.2) is 0 Å². The molecule has 1 heterocycles. The summed E-state index contributed by atoms with van der Waals surface area (Å²) in [5.74, 6) is 0. The number of nitrogens with one attached hydrogen (secondary N) is 1. The Labute approximate surface area is 84.3 Å². The van der Waals surface area contributed by atoms with Crippen molar-refractivity contribution >= 4 is 0 Å². The number of ether oxygens (including phenoxy) is 1. The highest BCUT2D eigenvalue weighted by Gasteiger charge is 2.38. The fourth-order valence-electron chi connectivity index (χ4n) is 2.39. The molecular weight excluding hydrogens is 182 g/mol. The van der Waals surface area contributed by atoms with Gasteiger partial charge in [0, 0.05) is 12.6 Å². The van der Waals surface area contributed by atoms with Crippen molar-refractivity contribution < 1.29 is 14.9 Å². The third kappa shape index (κ3) is 1.93. The van der Waals surface area contributed by atoms with Crippen LogP contribution < -0.4 is 5.32 Å². The van der Waals surface area contributed by atoms with Gasteiger partial charge in [-0.05, 0) is 25.7 Å². The summed E-state index contributed by atoms with van der Waals surface area (Å²) in [7, 11) is 0. The third-order valence-electron chi connectivity index (χ3n) is 3.38. The Balaban J connectivity index is 1.93. The molecule has 4 heteroatoms. The van der Waals surface area contributed by atoms with Gasteiger partial charge >= 0.3 is 0 Å². The first-order valence-electron chi connectivity index (χ1n) is 5.40. The molecule has 82 valence electrons. The van der Waals surface area contributed by atoms with E-state index >= 15 is 0 Å². The molecule has 0 radical (unpaired) electrons. The van der Waals surface area contributed by atoms with Crippen molar-refractivity contribution in [3.05, 3.63) is 0 Å². The minimum absolute atomic E-state index is 0.0935. The average molecular weight is 201 g/mol. The van der Waals surface area contributed by atoms with Crippen LogP contribution in [-0.2, 0) is 4.74 Å². The molecule has 0 aromatic rings. The lowest BCUT2D eigenvalue weighted by atomic mass is 9.98. The summed E-state index contributed by atoms with van der Waals surface area (Å²) in [5, 5.41) is 22.4. The number of aliphatic hydroxyl groups is 2. The Morgan fingerprint density at radius 2 is 2.29 bits per heavy atom. The van der Waals surface area contributed by atoms with Crippen LogP contribution in [0, 0.1) is 0 Å². The van der Waals surface area contributed by atoms with Crippen molar-refractivity contribution in [3.63, 3.8) is 0 Å². The molecule has 2 fully saturated rings. The number of hydrogen-bond donors (Lipinski definition) is 3. The molecule has 1 aliphatic carbocycles. The molecule has 1 saturated carbocycles. The van der Waals surface area contributed by atoms with Gasteiger partial charge in [0.1, 0.15) is 0 Å². The lowest BCUT2D eigenvalue weighted by Gasteiger charge is -2.31. The summed E-state index contributed by atoms with van der Waals surface area (Å²) < 4.78 is 5.29. The summed E-state index contributed by atoms with van der Waals surface area (Å²) in [4.78, 5) is 0. The molecule has 3 N–H and O–H groups in total. The first-order chi connectivity index (χ1) is 6.76. The first-order valence-corrected chi connectivity index (χ1v) is 5.40. The maximum atomic E-state index is 9.67. The number of aliphatic hydroxyl groups excluding tert-OH is 2. The quantitative estimate of drug-likeness (QED) is 0.583. The molecule has 1 aliphatic heterocycles. The van der Waals surface area contributed by atoms with Crippen molar-refractivity contribution in [2.24, 2.45) is 0 Å². The van der Waals surface area contributed by atoms with Crippen LogP contribution in [0.5, 0.6) is 0 Å². The first kappa shape index (κ1) is 10.4. The van der Waals surface area contributed by atoms with Gasteiger partial charge in [0.2, 0.25) is 0 Å². The topological polar surface area (TPSA) is 61.7 Å². The van der Waals surface area contributed by atoms with Crippen LogP contribution in [-0.4, -0.2) is 47.7 Å². The zero-order valence-electron chi connectivity index (χ0n) is 8.41. The standard InChI is InChI=1S/C10H19NO3/c12-6-10(4-5-14-7-10)11-8-2-1-3-9(8)13/h8-9,11-13H,1-7H2/t8-,9-,10?/m1/s1. The third-order valence-corrected chi connectivity index (χ3v) is 3.38. The summed E-state index contributed by atoms with van der Waals surface area (Å²) in [5.41, 5.74) is -0.296. The van der Waals surface area contributed by atoms with Gasteiger partial charge in [-0.1, -0.05) is 0 Å². The second kappa shape index (κ2) is 4.14. The molecule has 0 amide bonds. The Morgan fingerprint density at radius 3 is 2.79 bits per heavy atom. The van der Waals surface area contributed by atoms with Crippen LogP contribution in [0.3, 0.4) is 0 Å². The summed E-state index contributed by atoms with van der Waals surface area (Å²) >= 11 is 0. The fourth-order valence-corrected chi connectivity index (χ4v) is 2.39. The van der Waals surface area contributed by atoms with E-state index in [0.29, 0.717) is 13.2 Å². The van der Waals surface area contributed by atoms with E-state index in [0.717, 1.165) is 25.7 Å². The molecular formula is C10H19NO3. The second-order valence-electron chi connectivity index (χ2n) is 4.49. The lowest BCUT2D eigenvalue weighted by molar-refractivity contribution is 0.0819. The summed E-state index contributed by atoms with van der Waals surface area (Å²) in [6.45, 7) is 1.36. The Hall–Kier alpha value is -0.160. The minimum Gasteiger partial charge on any atom is -0.394 e. The molecule has 0 aromatic carbocycles. The highest BCUT2D eigenvalue weighted by atomic mass is 16.5. The monoisotopic (exact) mass is 201 g/mol. The molecule has 1 saturated heterocycles. The Morgan fingerprint density at radius 1 is 1.43 bits per heavy atom. The zero-order chi connectivity index (χ0) is 10.0. The van der Waals surface area contributed by atoms with Gasteiger partial charge in [-0.25, -0.2) is 0 Å². The van der Waals surface area contributed by atoms with Crippen LogP contribution in [0.1, 0.15) is 25.7 Å². The van der Waals surface area contributed by atoms with E-state index in [1.165, 1.54) is 0 Å². The van der Waals surface area contributed by atoms with E-state index in [9.17, 15) is 10.2 Å². The highest BCUT2D eigenvalue weighted by molar-refractivity contribution is 4.96. The Bertz CT molecular complexity index is 192. The van der Waals surface area contributed by atoms with Gasteiger partial charge < -0.3 is 20.3 Å². The molecule has 4 nitrogen and oxygen atoms in total. The maximum Gasteiger partial charge on any atom is 0.0693 e. The summed E-state index contributed by atoms with van der Waals surface area (Å²) in [6.07, 6.45) is 3.54. The van der Waals surface area contributed by atoms with Gasteiger partial charge in [-0.15, -0.1) is 0 Å². The molecule has 0 spiro atoms. The van der Waals surface area contributed by atoms with E-state index in [4.69, 9.17) is 4.74 Å².